The number of aldehydes is 1. The maximum atomic E-state index is 10.0. The summed E-state index contributed by atoms with van der Waals surface area (Å²) in [6.45, 7) is 1.81. The summed E-state index contributed by atoms with van der Waals surface area (Å²) < 4.78 is 5.29. The SMILES string of the molecule is CC1OOC(CCCCCCC=O)O1. The molecule has 1 saturated heterocycles. The Labute approximate surface area is 84.4 Å². The second-order valence-electron chi connectivity index (χ2n) is 3.48. The summed E-state index contributed by atoms with van der Waals surface area (Å²) in [7, 11) is 0. The Morgan fingerprint density at radius 1 is 1.14 bits per heavy atom. The average molecular weight is 202 g/mol. The van der Waals surface area contributed by atoms with E-state index in [9.17, 15) is 4.79 Å². The van der Waals surface area contributed by atoms with Crippen molar-refractivity contribution in [2.75, 3.05) is 0 Å². The Kier molecular flexibility index (Phi) is 5.75. The third kappa shape index (κ3) is 4.69. The summed E-state index contributed by atoms with van der Waals surface area (Å²) in [5, 5.41) is 0. The lowest BCUT2D eigenvalue weighted by Crippen LogP contribution is -2.08. The maximum absolute atomic E-state index is 10.0. The van der Waals surface area contributed by atoms with E-state index in [0.717, 1.165) is 38.4 Å². The molecule has 4 nitrogen and oxygen atoms in total. The molecule has 4 heteroatoms. The van der Waals surface area contributed by atoms with Crippen LogP contribution in [0.1, 0.15) is 45.4 Å². The van der Waals surface area contributed by atoms with E-state index in [0.29, 0.717) is 6.42 Å². The summed E-state index contributed by atoms with van der Waals surface area (Å²) >= 11 is 0. The molecule has 0 radical (unpaired) electrons. The topological polar surface area (TPSA) is 44.8 Å². The molecular formula is C10H18O4. The number of carbonyl (C=O) groups is 1. The van der Waals surface area contributed by atoms with E-state index >= 15 is 0 Å². The fraction of sp³-hybridized carbons (Fsp3) is 0.900. The first-order valence-electron chi connectivity index (χ1n) is 5.24. The normalized spacial score (nSPS) is 26.6. The molecule has 0 N–H and O–H groups in total. The van der Waals surface area contributed by atoms with Gasteiger partial charge in [0.05, 0.1) is 0 Å². The van der Waals surface area contributed by atoms with Crippen molar-refractivity contribution in [2.45, 2.75) is 58.0 Å². The summed E-state index contributed by atoms with van der Waals surface area (Å²) in [4.78, 5) is 19.7. The minimum atomic E-state index is -0.241. The molecular weight excluding hydrogens is 184 g/mol. The average Bonchev–Trinajstić information content (AvgIpc) is 2.58. The minimum absolute atomic E-state index is 0.198. The van der Waals surface area contributed by atoms with E-state index in [1.807, 2.05) is 6.92 Å². The lowest BCUT2D eigenvalue weighted by Gasteiger charge is -2.05. The van der Waals surface area contributed by atoms with Crippen LogP contribution < -0.4 is 0 Å². The van der Waals surface area contributed by atoms with Crippen molar-refractivity contribution in [1.29, 1.82) is 0 Å². The summed E-state index contributed by atoms with van der Waals surface area (Å²) in [6.07, 6.45) is 6.34. The molecule has 82 valence electrons. The molecule has 0 saturated carbocycles. The molecule has 1 aliphatic heterocycles. The molecule has 0 amide bonds. The minimum Gasteiger partial charge on any atom is -0.318 e. The van der Waals surface area contributed by atoms with Crippen molar-refractivity contribution in [2.24, 2.45) is 0 Å². The number of hydrogen-bond acceptors (Lipinski definition) is 4. The highest BCUT2D eigenvalue weighted by Gasteiger charge is 2.23. The zero-order valence-electron chi connectivity index (χ0n) is 8.61. The smallest absolute Gasteiger partial charge is 0.194 e. The van der Waals surface area contributed by atoms with Crippen molar-refractivity contribution in [3.05, 3.63) is 0 Å². The highest BCUT2D eigenvalue weighted by atomic mass is 17.3. The second-order valence-corrected chi connectivity index (χ2v) is 3.48. The van der Waals surface area contributed by atoms with Crippen LogP contribution in [-0.2, 0) is 19.3 Å². The van der Waals surface area contributed by atoms with Crippen LogP contribution in [0.25, 0.3) is 0 Å². The Hall–Kier alpha value is -0.450. The van der Waals surface area contributed by atoms with E-state index in [2.05, 4.69) is 0 Å². The Morgan fingerprint density at radius 2 is 1.93 bits per heavy atom. The van der Waals surface area contributed by atoms with E-state index in [1.165, 1.54) is 0 Å². The fourth-order valence-electron chi connectivity index (χ4n) is 1.41. The van der Waals surface area contributed by atoms with Gasteiger partial charge in [-0.3, -0.25) is 0 Å². The van der Waals surface area contributed by atoms with Crippen LogP contribution in [0.5, 0.6) is 0 Å². The van der Waals surface area contributed by atoms with Gasteiger partial charge in [-0.25, -0.2) is 9.78 Å². The van der Waals surface area contributed by atoms with Crippen molar-refractivity contribution >= 4 is 6.29 Å². The Balaban J connectivity index is 1.86. The number of hydrogen-bond donors (Lipinski definition) is 0. The quantitative estimate of drug-likeness (QED) is 0.360. The standard InChI is InChI=1S/C10H18O4/c1-9-12-10(14-13-9)7-5-3-2-4-6-8-11/h8-10H,2-7H2,1H3. The molecule has 1 heterocycles. The number of ether oxygens (including phenoxy) is 1. The molecule has 2 unspecified atom stereocenters. The first-order chi connectivity index (χ1) is 6.83. The van der Waals surface area contributed by atoms with E-state index < -0.39 is 0 Å². The van der Waals surface area contributed by atoms with Gasteiger partial charge in [-0.15, -0.1) is 0 Å². The predicted octanol–water partition coefficient (Wildman–Crippen LogP) is 2.18. The predicted molar refractivity (Wildman–Crippen MR) is 50.3 cm³/mol. The van der Waals surface area contributed by atoms with E-state index in [4.69, 9.17) is 14.5 Å². The number of rotatable bonds is 7. The van der Waals surface area contributed by atoms with Gasteiger partial charge in [0.15, 0.2) is 12.6 Å². The van der Waals surface area contributed by atoms with Crippen LogP contribution in [0.4, 0.5) is 0 Å². The first-order valence-corrected chi connectivity index (χ1v) is 5.24. The van der Waals surface area contributed by atoms with E-state index in [-0.39, 0.29) is 12.6 Å². The molecule has 0 aromatic rings. The van der Waals surface area contributed by atoms with Crippen LogP contribution >= 0.6 is 0 Å². The highest BCUT2D eigenvalue weighted by Crippen LogP contribution is 2.18. The summed E-state index contributed by atoms with van der Waals surface area (Å²) in [6, 6.07) is 0. The van der Waals surface area contributed by atoms with Gasteiger partial charge in [0.25, 0.3) is 0 Å². The van der Waals surface area contributed by atoms with Crippen molar-refractivity contribution in [1.82, 2.24) is 0 Å². The molecule has 1 rings (SSSR count). The molecule has 14 heavy (non-hydrogen) atoms. The molecule has 1 aliphatic rings. The van der Waals surface area contributed by atoms with Crippen LogP contribution in [0, 0.1) is 0 Å². The van der Waals surface area contributed by atoms with Crippen LogP contribution in [-0.4, -0.2) is 18.9 Å². The number of unbranched alkanes of at least 4 members (excludes halogenated alkanes) is 4. The van der Waals surface area contributed by atoms with E-state index in [1.54, 1.807) is 0 Å². The van der Waals surface area contributed by atoms with Gasteiger partial charge in [-0.1, -0.05) is 12.8 Å². The first kappa shape index (κ1) is 11.6. The van der Waals surface area contributed by atoms with Gasteiger partial charge in [0.1, 0.15) is 6.29 Å². The van der Waals surface area contributed by atoms with Gasteiger partial charge in [0, 0.05) is 12.8 Å². The van der Waals surface area contributed by atoms with Gasteiger partial charge < -0.3 is 9.53 Å². The molecule has 1 fully saturated rings. The molecule has 0 spiro atoms. The molecule has 0 bridgehead atoms. The summed E-state index contributed by atoms with van der Waals surface area (Å²) in [5.41, 5.74) is 0. The lowest BCUT2D eigenvalue weighted by atomic mass is 10.1. The molecule has 0 aliphatic carbocycles. The van der Waals surface area contributed by atoms with Gasteiger partial charge in [0.2, 0.25) is 0 Å². The third-order valence-corrected chi connectivity index (χ3v) is 2.15. The van der Waals surface area contributed by atoms with Crippen LogP contribution in [0.15, 0.2) is 0 Å². The van der Waals surface area contributed by atoms with Gasteiger partial charge in [-0.2, -0.15) is 0 Å². The van der Waals surface area contributed by atoms with Crippen molar-refractivity contribution < 1.29 is 19.3 Å². The maximum Gasteiger partial charge on any atom is 0.194 e. The highest BCUT2D eigenvalue weighted by molar-refractivity contribution is 5.48. The monoisotopic (exact) mass is 202 g/mol. The largest absolute Gasteiger partial charge is 0.318 e. The second kappa shape index (κ2) is 6.92. The van der Waals surface area contributed by atoms with Crippen LogP contribution in [0.3, 0.4) is 0 Å². The van der Waals surface area contributed by atoms with Gasteiger partial charge in [-0.05, 0) is 19.8 Å². The number of carbonyl (C=O) groups excluding carboxylic acids is 1. The molecule has 2 atom stereocenters. The third-order valence-electron chi connectivity index (χ3n) is 2.15. The molecule has 0 aromatic carbocycles. The Bertz CT molecular complexity index is 160. The van der Waals surface area contributed by atoms with Crippen LogP contribution in [0.2, 0.25) is 0 Å². The summed E-state index contributed by atoms with van der Waals surface area (Å²) in [5.74, 6) is 0. The molecule has 0 aromatic heterocycles. The van der Waals surface area contributed by atoms with Gasteiger partial charge >= 0.3 is 0 Å². The Morgan fingerprint density at radius 3 is 2.57 bits per heavy atom. The fourth-order valence-corrected chi connectivity index (χ4v) is 1.41. The zero-order chi connectivity index (χ0) is 10.2. The zero-order valence-corrected chi connectivity index (χ0v) is 8.61. The van der Waals surface area contributed by atoms with Crippen molar-refractivity contribution in [3.8, 4) is 0 Å². The van der Waals surface area contributed by atoms with Crippen molar-refractivity contribution in [3.63, 3.8) is 0 Å². The lowest BCUT2D eigenvalue weighted by molar-refractivity contribution is -0.294.